The molecule has 0 N–H and O–H groups in total. The molecule has 0 aromatic rings. The van der Waals surface area contributed by atoms with Gasteiger partial charge < -0.3 is 37.9 Å². The number of carbonyl (C=O) groups is 6. The van der Waals surface area contributed by atoms with E-state index < -0.39 is 101 Å². The standard InChI is InChI=1S/C31H40O14/c1-9-24(36)42-20-11-19(39-15(3)33)18(13-38-14(2)32)10-23-31(30(8,45-31)27(37)43-23)26(41-17(5)35)25-28(20,6)21(40-16(4)34)12-22-29(25,7)44-22/h10,19-23,25-26H,9,11-13H2,1-8H3. The molecule has 4 fully saturated rings. The van der Waals surface area contributed by atoms with Crippen LogP contribution >= 0.6 is 0 Å². The number of ether oxygens (including phenoxy) is 8. The zero-order valence-electron chi connectivity index (χ0n) is 26.7. The first-order valence-electron chi connectivity index (χ1n) is 15.1. The third-order valence-electron chi connectivity index (χ3n) is 10.1. The minimum atomic E-state index is -1.63. The van der Waals surface area contributed by atoms with Crippen molar-refractivity contribution in [2.45, 2.75) is 128 Å². The Labute approximate surface area is 260 Å². The van der Waals surface area contributed by atoms with Gasteiger partial charge >= 0.3 is 35.8 Å². The number of fused-ring (bicyclic) bond motifs is 3. The summed E-state index contributed by atoms with van der Waals surface area (Å²) in [5.74, 6) is -4.85. The van der Waals surface area contributed by atoms with Crippen LogP contribution in [0.15, 0.2) is 11.6 Å². The number of hydrogen-bond acceptors (Lipinski definition) is 14. The van der Waals surface area contributed by atoms with E-state index in [2.05, 4.69) is 0 Å². The van der Waals surface area contributed by atoms with Gasteiger partial charge in [0.2, 0.25) is 0 Å². The molecule has 3 heterocycles. The highest BCUT2D eigenvalue weighted by atomic mass is 16.7. The molecule has 5 rings (SSSR count). The first-order valence-corrected chi connectivity index (χ1v) is 15.1. The van der Waals surface area contributed by atoms with E-state index in [1.165, 1.54) is 40.7 Å². The lowest BCUT2D eigenvalue weighted by molar-refractivity contribution is -0.216. The van der Waals surface area contributed by atoms with Crippen molar-refractivity contribution >= 4 is 35.8 Å². The van der Waals surface area contributed by atoms with Crippen LogP contribution in [0, 0.1) is 11.3 Å². The van der Waals surface area contributed by atoms with Crippen molar-refractivity contribution in [1.29, 1.82) is 0 Å². The molecular weight excluding hydrogens is 596 g/mol. The summed E-state index contributed by atoms with van der Waals surface area (Å²) >= 11 is 0. The largest absolute Gasteiger partial charge is 0.462 e. The molecule has 248 valence electrons. The van der Waals surface area contributed by atoms with E-state index in [1.54, 1.807) is 13.8 Å². The number of epoxide rings is 2. The third kappa shape index (κ3) is 5.19. The first kappa shape index (κ1) is 32.9. The smallest absolute Gasteiger partial charge is 0.342 e. The quantitative estimate of drug-likeness (QED) is 0.170. The Kier molecular flexibility index (Phi) is 8.09. The van der Waals surface area contributed by atoms with E-state index in [4.69, 9.17) is 37.9 Å². The van der Waals surface area contributed by atoms with Crippen molar-refractivity contribution in [1.82, 2.24) is 0 Å². The first-order chi connectivity index (χ1) is 20.9. The van der Waals surface area contributed by atoms with Crippen LogP contribution in [-0.2, 0) is 66.7 Å². The van der Waals surface area contributed by atoms with E-state index in [0.29, 0.717) is 0 Å². The Morgan fingerprint density at radius 3 is 2.04 bits per heavy atom. The van der Waals surface area contributed by atoms with Gasteiger partial charge in [0, 0.05) is 58.4 Å². The van der Waals surface area contributed by atoms with Crippen LogP contribution in [0.1, 0.15) is 74.7 Å². The normalized spacial score (nSPS) is 42.5. The fraction of sp³-hybridized carbons (Fsp3) is 0.742. The summed E-state index contributed by atoms with van der Waals surface area (Å²) in [6.07, 6.45) is -4.66. The summed E-state index contributed by atoms with van der Waals surface area (Å²) < 4.78 is 47.6. The lowest BCUT2D eigenvalue weighted by Gasteiger charge is -2.54. The van der Waals surface area contributed by atoms with Gasteiger partial charge in [-0.05, 0) is 19.9 Å². The van der Waals surface area contributed by atoms with Gasteiger partial charge in [0.25, 0.3) is 0 Å². The highest BCUT2D eigenvalue weighted by Crippen LogP contribution is 2.69. The molecule has 0 radical (unpaired) electrons. The molecule has 45 heavy (non-hydrogen) atoms. The van der Waals surface area contributed by atoms with E-state index >= 15 is 0 Å². The Morgan fingerprint density at radius 2 is 1.49 bits per heavy atom. The molecule has 2 aliphatic carbocycles. The summed E-state index contributed by atoms with van der Waals surface area (Å²) in [5, 5.41) is 0. The fourth-order valence-corrected chi connectivity index (χ4v) is 7.86. The maximum Gasteiger partial charge on any atom is 0.342 e. The molecule has 3 saturated heterocycles. The number of esters is 6. The summed E-state index contributed by atoms with van der Waals surface area (Å²) in [4.78, 5) is 76.2. The highest BCUT2D eigenvalue weighted by Gasteiger charge is 2.89. The van der Waals surface area contributed by atoms with Crippen molar-refractivity contribution in [3.63, 3.8) is 0 Å². The average molecular weight is 637 g/mol. The lowest BCUT2D eigenvalue weighted by Crippen LogP contribution is -2.66. The van der Waals surface area contributed by atoms with Gasteiger partial charge in [0.1, 0.15) is 31.0 Å². The molecule has 5 aliphatic rings. The monoisotopic (exact) mass is 636 g/mol. The molecule has 11 atom stereocenters. The van der Waals surface area contributed by atoms with Gasteiger partial charge in [-0.25, -0.2) is 4.79 Å². The summed E-state index contributed by atoms with van der Waals surface area (Å²) in [7, 11) is 0. The maximum absolute atomic E-state index is 13.4. The van der Waals surface area contributed by atoms with Gasteiger partial charge in [-0.2, -0.15) is 0 Å². The van der Waals surface area contributed by atoms with Crippen LogP contribution in [0.3, 0.4) is 0 Å². The van der Waals surface area contributed by atoms with Crippen LogP contribution in [0.25, 0.3) is 0 Å². The van der Waals surface area contributed by atoms with E-state index in [-0.39, 0.29) is 31.4 Å². The molecule has 0 aromatic carbocycles. The SMILES string of the molecule is CCC(=O)OC1CC(OC(C)=O)C(COC(C)=O)=CC2OC(=O)C3(C)OC23C(OC(C)=O)C2C3(C)OC3CC(OC(C)=O)C12C. The van der Waals surface area contributed by atoms with Crippen LogP contribution in [0.5, 0.6) is 0 Å². The molecule has 14 nitrogen and oxygen atoms in total. The van der Waals surface area contributed by atoms with Crippen molar-refractivity contribution in [3.05, 3.63) is 11.6 Å². The van der Waals surface area contributed by atoms with Crippen molar-refractivity contribution in [3.8, 4) is 0 Å². The lowest BCUT2D eigenvalue weighted by atomic mass is 9.53. The third-order valence-corrected chi connectivity index (χ3v) is 10.1. The zero-order valence-corrected chi connectivity index (χ0v) is 26.7. The molecule has 0 amide bonds. The maximum atomic E-state index is 13.4. The second-order valence-electron chi connectivity index (χ2n) is 12.9. The van der Waals surface area contributed by atoms with Crippen LogP contribution in [0.2, 0.25) is 0 Å². The molecule has 3 aliphatic heterocycles. The predicted octanol–water partition coefficient (Wildman–Crippen LogP) is 1.63. The molecule has 0 aromatic heterocycles. The summed E-state index contributed by atoms with van der Waals surface area (Å²) in [6, 6.07) is 0. The molecule has 0 bridgehead atoms. The van der Waals surface area contributed by atoms with Gasteiger partial charge in [-0.1, -0.05) is 13.8 Å². The second kappa shape index (κ2) is 11.1. The predicted molar refractivity (Wildman–Crippen MR) is 148 cm³/mol. The topological polar surface area (TPSA) is 183 Å². The van der Waals surface area contributed by atoms with Crippen molar-refractivity contribution in [2.75, 3.05) is 6.61 Å². The van der Waals surface area contributed by atoms with Gasteiger partial charge in [-0.15, -0.1) is 0 Å². The molecular formula is C31H40O14. The Hall–Kier alpha value is -3.52. The van der Waals surface area contributed by atoms with E-state index in [9.17, 15) is 28.8 Å². The van der Waals surface area contributed by atoms with Crippen molar-refractivity contribution < 1.29 is 66.7 Å². The van der Waals surface area contributed by atoms with Gasteiger partial charge in [0.05, 0.1) is 17.1 Å². The number of rotatable bonds is 7. The second-order valence-corrected chi connectivity index (χ2v) is 12.9. The zero-order chi connectivity index (χ0) is 33.3. The molecule has 14 heteroatoms. The van der Waals surface area contributed by atoms with Gasteiger partial charge in [0.15, 0.2) is 17.3 Å². The molecule has 1 saturated carbocycles. The Bertz CT molecular complexity index is 1360. The van der Waals surface area contributed by atoms with Gasteiger partial charge in [-0.3, -0.25) is 24.0 Å². The fourth-order valence-electron chi connectivity index (χ4n) is 7.86. The Balaban J connectivity index is 1.81. The molecule has 1 spiro atoms. The van der Waals surface area contributed by atoms with Crippen molar-refractivity contribution in [2.24, 2.45) is 11.3 Å². The molecule has 11 unspecified atom stereocenters. The summed E-state index contributed by atoms with van der Waals surface area (Å²) in [5.41, 5.74) is -5.40. The van der Waals surface area contributed by atoms with Crippen LogP contribution in [-0.4, -0.2) is 95.8 Å². The minimum Gasteiger partial charge on any atom is -0.462 e. The average Bonchev–Trinajstić information content (AvgIpc) is 3.77. The highest BCUT2D eigenvalue weighted by molar-refractivity contribution is 5.89. The minimum absolute atomic E-state index is 0.0108. The van der Waals surface area contributed by atoms with E-state index in [1.807, 2.05) is 6.92 Å². The number of carbonyl (C=O) groups excluding carboxylic acids is 6. The van der Waals surface area contributed by atoms with Crippen LogP contribution < -0.4 is 0 Å². The van der Waals surface area contributed by atoms with E-state index in [0.717, 1.165) is 0 Å². The summed E-state index contributed by atoms with van der Waals surface area (Å²) in [6.45, 7) is 11.2. The van der Waals surface area contributed by atoms with Crippen LogP contribution in [0.4, 0.5) is 0 Å². The Morgan fingerprint density at radius 1 is 0.867 bits per heavy atom. The number of hydrogen-bond donors (Lipinski definition) is 0.